The molecule has 0 aliphatic heterocycles. The van der Waals surface area contributed by atoms with Gasteiger partial charge in [-0.25, -0.2) is 0 Å². The maximum Gasteiger partial charge on any atom is 0.192 e. The van der Waals surface area contributed by atoms with Crippen LogP contribution in [-0.2, 0) is 47.1 Å². The summed E-state index contributed by atoms with van der Waals surface area (Å²) in [6, 6.07) is 0. The third kappa shape index (κ3) is 27.9. The minimum absolute atomic E-state index is 0.222. The lowest BCUT2D eigenvalue weighted by Crippen LogP contribution is -2.41. The fourth-order valence-electron chi connectivity index (χ4n) is 2.68. The first kappa shape index (κ1) is 39.8. The highest BCUT2D eigenvalue weighted by Crippen LogP contribution is 2.36. The van der Waals surface area contributed by atoms with Crippen LogP contribution in [0.2, 0.25) is 18.1 Å². The molecule has 0 saturated carbocycles. The fourth-order valence-corrected chi connectivity index (χ4v) is 3.71. The predicted octanol–water partition coefficient (Wildman–Crippen LogP) is 2.72. The highest BCUT2D eigenvalue weighted by molar-refractivity contribution is 6.74. The number of hydrogen-bond donors (Lipinski definition) is 0. The van der Waals surface area contributed by atoms with E-state index >= 15 is 0 Å². The minimum atomic E-state index is -1.69. The van der Waals surface area contributed by atoms with E-state index in [4.69, 9.17) is 47.1 Å². The van der Waals surface area contributed by atoms with Crippen LogP contribution in [0.3, 0.4) is 0 Å². The lowest BCUT2D eigenvalue weighted by Gasteiger charge is -2.36. The Kier molecular flexibility index (Phi) is 27.4. The Morgan fingerprint density at radius 1 is 0.400 bits per heavy atom. The van der Waals surface area contributed by atoms with Crippen molar-refractivity contribution in [2.24, 2.45) is 0 Å². The molecule has 0 heterocycles. The molecule has 11 nitrogen and oxygen atoms in total. The molecule has 0 unspecified atom stereocenters. The molecule has 12 heteroatoms. The predicted molar refractivity (Wildman–Crippen MR) is 159 cm³/mol. The van der Waals surface area contributed by atoms with Gasteiger partial charge in [0.25, 0.3) is 0 Å². The molecule has 0 spiro atoms. The number of hydrogen-bond acceptors (Lipinski definition) is 11. The van der Waals surface area contributed by atoms with Crippen molar-refractivity contribution in [3.63, 3.8) is 0 Å². The van der Waals surface area contributed by atoms with Crippen LogP contribution in [0, 0.1) is 0 Å². The second kappa shape index (κ2) is 27.6. The fraction of sp³-hybridized carbons (Fsp3) is 1.00. The lowest BCUT2D eigenvalue weighted by atomic mass is 10.2. The maximum absolute atomic E-state index is 6.07. The van der Waals surface area contributed by atoms with Crippen molar-refractivity contribution in [2.75, 3.05) is 146 Å². The summed E-state index contributed by atoms with van der Waals surface area (Å²) in [4.78, 5) is 2.09. The molecule has 0 rings (SSSR count). The van der Waals surface area contributed by atoms with Crippen molar-refractivity contribution < 1.29 is 47.1 Å². The zero-order valence-corrected chi connectivity index (χ0v) is 27.7. The molecule has 0 saturated heterocycles. The van der Waals surface area contributed by atoms with Crippen LogP contribution >= 0.6 is 0 Å². The average Bonchev–Trinajstić information content (AvgIpc) is 2.89. The summed E-state index contributed by atoms with van der Waals surface area (Å²) in [6.45, 7) is 22.8. The van der Waals surface area contributed by atoms with Gasteiger partial charge in [-0.05, 0) is 32.2 Å². The van der Waals surface area contributed by atoms with Gasteiger partial charge in [-0.3, -0.25) is 0 Å². The number of ether oxygens (including phenoxy) is 9. The molecule has 0 bridgehead atoms. The normalized spacial score (nSPS) is 12.6. The van der Waals surface area contributed by atoms with Gasteiger partial charge in [0.2, 0.25) is 0 Å². The second-order valence-corrected chi connectivity index (χ2v) is 15.7. The summed E-state index contributed by atoms with van der Waals surface area (Å²) in [7, 11) is 2.36. The van der Waals surface area contributed by atoms with E-state index in [1.807, 2.05) is 14.1 Å². The SMILES string of the molecule is CN(C)CCOCCOCCOCCOCCOCCOCCOCCOCCOCCO[Si](C)(C)C(C)(C)C. The summed E-state index contributed by atoms with van der Waals surface area (Å²) in [5.74, 6) is 0. The molecule has 0 atom stereocenters. The molecule has 40 heavy (non-hydrogen) atoms. The molecule has 0 aromatic heterocycles. The van der Waals surface area contributed by atoms with Gasteiger partial charge in [-0.2, -0.15) is 0 Å². The summed E-state index contributed by atoms with van der Waals surface area (Å²) < 4.78 is 55.5. The van der Waals surface area contributed by atoms with Gasteiger partial charge >= 0.3 is 0 Å². The van der Waals surface area contributed by atoms with Gasteiger partial charge in [0.05, 0.1) is 126 Å². The Morgan fingerprint density at radius 3 is 0.850 bits per heavy atom. The molecule has 0 aliphatic carbocycles. The van der Waals surface area contributed by atoms with Gasteiger partial charge in [0.15, 0.2) is 8.32 Å². The number of nitrogens with zero attached hydrogens (tertiary/aromatic N) is 1. The quantitative estimate of drug-likeness (QED) is 0.0870. The van der Waals surface area contributed by atoms with Gasteiger partial charge in [-0.15, -0.1) is 0 Å². The first-order valence-corrected chi connectivity index (χ1v) is 17.6. The van der Waals surface area contributed by atoms with Crippen molar-refractivity contribution in [3.05, 3.63) is 0 Å². The molecule has 0 radical (unpaired) electrons. The Labute approximate surface area is 245 Å². The second-order valence-electron chi connectivity index (χ2n) is 10.9. The molecule has 242 valence electrons. The van der Waals surface area contributed by atoms with Crippen molar-refractivity contribution in [2.45, 2.75) is 38.9 Å². The first-order valence-electron chi connectivity index (χ1n) is 14.6. The molecule has 0 amide bonds. The monoisotopic (exact) mass is 599 g/mol. The first-order chi connectivity index (χ1) is 19.2. The zero-order valence-electron chi connectivity index (χ0n) is 26.7. The summed E-state index contributed by atoms with van der Waals surface area (Å²) in [5.41, 5.74) is 0. The Morgan fingerprint density at radius 2 is 0.625 bits per heavy atom. The molecule has 0 aromatic carbocycles. The molecule has 0 N–H and O–H groups in total. The van der Waals surface area contributed by atoms with E-state index in [1.165, 1.54) is 0 Å². The third-order valence-corrected chi connectivity index (χ3v) is 10.7. The van der Waals surface area contributed by atoms with E-state index in [0.29, 0.717) is 119 Å². The van der Waals surface area contributed by atoms with Crippen molar-refractivity contribution >= 4 is 8.32 Å². The van der Waals surface area contributed by atoms with Gasteiger partial charge in [-0.1, -0.05) is 20.8 Å². The standard InChI is InChI=1S/C28H61NO10Si/c1-28(2,3)40(6,7)39-27-26-38-25-24-37-23-22-36-21-20-35-19-18-34-17-16-33-15-14-32-13-12-31-11-10-30-9-8-29(4)5/h8-27H2,1-7H3. The van der Waals surface area contributed by atoms with Crippen LogP contribution < -0.4 is 0 Å². The van der Waals surface area contributed by atoms with Crippen molar-refractivity contribution in [3.8, 4) is 0 Å². The lowest BCUT2D eigenvalue weighted by molar-refractivity contribution is -0.0255. The van der Waals surface area contributed by atoms with Crippen LogP contribution in [0.25, 0.3) is 0 Å². The smallest absolute Gasteiger partial charge is 0.192 e. The van der Waals surface area contributed by atoms with E-state index in [1.54, 1.807) is 0 Å². The van der Waals surface area contributed by atoms with E-state index in [-0.39, 0.29) is 5.04 Å². The van der Waals surface area contributed by atoms with E-state index in [9.17, 15) is 0 Å². The molecule has 0 fully saturated rings. The number of rotatable bonds is 31. The van der Waals surface area contributed by atoms with Crippen molar-refractivity contribution in [1.82, 2.24) is 4.90 Å². The van der Waals surface area contributed by atoms with Crippen LogP contribution in [0.1, 0.15) is 20.8 Å². The van der Waals surface area contributed by atoms with Crippen LogP contribution in [-0.4, -0.2) is 159 Å². The average molecular weight is 600 g/mol. The van der Waals surface area contributed by atoms with E-state index < -0.39 is 8.32 Å². The Balaban J connectivity index is 3.13. The molecule has 0 aliphatic rings. The van der Waals surface area contributed by atoms with E-state index in [0.717, 1.165) is 13.2 Å². The van der Waals surface area contributed by atoms with Crippen molar-refractivity contribution in [1.29, 1.82) is 0 Å². The van der Waals surface area contributed by atoms with Gasteiger partial charge in [0.1, 0.15) is 0 Å². The minimum Gasteiger partial charge on any atom is -0.414 e. The highest BCUT2D eigenvalue weighted by Gasteiger charge is 2.36. The Bertz CT molecular complexity index is 524. The van der Waals surface area contributed by atoms with Gasteiger partial charge < -0.3 is 52.0 Å². The van der Waals surface area contributed by atoms with E-state index in [2.05, 4.69) is 38.8 Å². The summed E-state index contributed by atoms with van der Waals surface area (Å²) in [5, 5.41) is 0.222. The maximum atomic E-state index is 6.07. The highest BCUT2D eigenvalue weighted by atomic mass is 28.4. The zero-order chi connectivity index (χ0) is 29.8. The molecular formula is C28H61NO10Si. The summed E-state index contributed by atoms with van der Waals surface area (Å²) in [6.07, 6.45) is 0. The molecule has 0 aromatic rings. The van der Waals surface area contributed by atoms with Gasteiger partial charge in [0, 0.05) is 6.54 Å². The largest absolute Gasteiger partial charge is 0.414 e. The Hall–Kier alpha value is -0.223. The van der Waals surface area contributed by atoms with Crippen LogP contribution in [0.4, 0.5) is 0 Å². The molecular weight excluding hydrogens is 538 g/mol. The summed E-state index contributed by atoms with van der Waals surface area (Å²) >= 11 is 0. The third-order valence-electron chi connectivity index (χ3n) is 6.16. The topological polar surface area (TPSA) is 95.5 Å². The van der Waals surface area contributed by atoms with Crippen LogP contribution in [0.5, 0.6) is 0 Å². The number of likely N-dealkylation sites (N-methyl/N-ethyl adjacent to an activating group) is 1. The van der Waals surface area contributed by atoms with Crippen LogP contribution in [0.15, 0.2) is 0 Å².